The zero-order valence-corrected chi connectivity index (χ0v) is 13.9. The van der Waals surface area contributed by atoms with E-state index in [1.165, 1.54) is 30.6 Å². The van der Waals surface area contributed by atoms with Crippen LogP contribution >= 0.6 is 0 Å². The highest BCUT2D eigenvalue weighted by Crippen LogP contribution is 2.25. The minimum Gasteiger partial charge on any atom is -0.456 e. The molecule has 6 nitrogen and oxygen atoms in total. The predicted molar refractivity (Wildman–Crippen MR) is 90.7 cm³/mol. The Kier molecular flexibility index (Phi) is 5.33. The van der Waals surface area contributed by atoms with Crippen molar-refractivity contribution in [3.05, 3.63) is 71.9 Å². The lowest BCUT2D eigenvalue weighted by atomic mass is 10.2. The minimum absolute atomic E-state index is 0.165. The van der Waals surface area contributed by atoms with Crippen molar-refractivity contribution in [1.29, 1.82) is 0 Å². The zero-order chi connectivity index (χ0) is 18.5. The van der Waals surface area contributed by atoms with Crippen LogP contribution in [0.4, 0.5) is 14.6 Å². The number of hydrogen-bond donors (Lipinski definition) is 2. The van der Waals surface area contributed by atoms with Crippen molar-refractivity contribution in [3.8, 4) is 11.5 Å². The second kappa shape index (κ2) is 7.83. The van der Waals surface area contributed by atoms with Gasteiger partial charge in [-0.05, 0) is 12.5 Å². The number of nitrogens with one attached hydrogen (secondary N) is 1. The molecule has 26 heavy (non-hydrogen) atoms. The first-order chi connectivity index (χ1) is 12.5. The molecule has 3 aromatic heterocycles. The van der Waals surface area contributed by atoms with E-state index in [-0.39, 0.29) is 17.3 Å². The van der Waals surface area contributed by atoms with Gasteiger partial charge in [0, 0.05) is 36.2 Å². The predicted octanol–water partition coefficient (Wildman–Crippen LogP) is 3.61. The molecule has 1 atom stereocenters. The van der Waals surface area contributed by atoms with Gasteiger partial charge in [0.15, 0.2) is 6.23 Å². The van der Waals surface area contributed by atoms with Crippen molar-refractivity contribution in [2.24, 2.45) is 0 Å². The molecule has 134 valence electrons. The smallest absolute Gasteiger partial charge is 0.169 e. The molecule has 0 aliphatic rings. The molecule has 0 radical (unpaired) electrons. The molecule has 2 N–H and O–H groups in total. The monoisotopic (exact) mass is 358 g/mol. The topological polar surface area (TPSA) is 80.2 Å². The summed E-state index contributed by atoms with van der Waals surface area (Å²) in [5.74, 6) is -0.247. The first-order valence-electron chi connectivity index (χ1n) is 7.89. The number of aliphatic hydroxyl groups is 1. The van der Waals surface area contributed by atoms with Crippen molar-refractivity contribution in [2.45, 2.75) is 19.6 Å². The number of aliphatic hydroxyl groups excluding tert-OH is 1. The van der Waals surface area contributed by atoms with Crippen molar-refractivity contribution in [2.75, 3.05) is 5.32 Å². The summed E-state index contributed by atoms with van der Waals surface area (Å²) in [4.78, 5) is 12.0. The number of rotatable bonds is 6. The van der Waals surface area contributed by atoms with Crippen molar-refractivity contribution in [1.82, 2.24) is 15.0 Å². The standard InChI is InChI=1S/C18H16F2N4O2/c1-2-13-7-14(26-15-5-12(20)9-21-10-15)8-16(23-13)18(25)24-17-6-11(19)3-4-22-17/h3-10,18,25H,2H2,1H3,(H,22,24). The van der Waals surface area contributed by atoms with Gasteiger partial charge in [0.25, 0.3) is 0 Å². The van der Waals surface area contributed by atoms with Crippen LogP contribution in [0.3, 0.4) is 0 Å². The van der Waals surface area contributed by atoms with Crippen molar-refractivity contribution >= 4 is 5.82 Å². The number of pyridine rings is 3. The van der Waals surface area contributed by atoms with E-state index in [9.17, 15) is 13.9 Å². The third kappa shape index (κ3) is 4.48. The van der Waals surface area contributed by atoms with E-state index in [0.717, 1.165) is 12.3 Å². The van der Waals surface area contributed by atoms with Crippen LogP contribution in [0.15, 0.2) is 48.9 Å². The lowest BCUT2D eigenvalue weighted by molar-refractivity contribution is 0.202. The average molecular weight is 358 g/mol. The Bertz CT molecular complexity index is 908. The summed E-state index contributed by atoms with van der Waals surface area (Å²) >= 11 is 0. The largest absolute Gasteiger partial charge is 0.456 e. The van der Waals surface area contributed by atoms with Crippen LogP contribution in [0.25, 0.3) is 0 Å². The van der Waals surface area contributed by atoms with E-state index in [0.29, 0.717) is 17.9 Å². The normalized spacial score (nSPS) is 11.8. The van der Waals surface area contributed by atoms with E-state index in [1.807, 2.05) is 6.92 Å². The molecule has 3 rings (SSSR count). The molecule has 0 saturated carbocycles. The molecular formula is C18H16F2N4O2. The highest BCUT2D eigenvalue weighted by Gasteiger charge is 2.14. The lowest BCUT2D eigenvalue weighted by Gasteiger charge is -2.15. The number of halogens is 2. The molecule has 8 heteroatoms. The highest BCUT2D eigenvalue weighted by atomic mass is 19.1. The summed E-state index contributed by atoms with van der Waals surface area (Å²) in [5.41, 5.74) is 0.921. The van der Waals surface area contributed by atoms with Gasteiger partial charge in [0.1, 0.15) is 29.0 Å². The van der Waals surface area contributed by atoms with E-state index >= 15 is 0 Å². The summed E-state index contributed by atoms with van der Waals surface area (Å²) in [6.07, 6.45) is 3.09. The Hall–Kier alpha value is -3.13. The van der Waals surface area contributed by atoms with Crippen LogP contribution in [-0.2, 0) is 6.42 Å². The Morgan fingerprint density at radius 3 is 2.69 bits per heavy atom. The van der Waals surface area contributed by atoms with Gasteiger partial charge in [0.2, 0.25) is 0 Å². The molecule has 0 aliphatic heterocycles. The number of hydrogen-bond acceptors (Lipinski definition) is 6. The second-order valence-electron chi connectivity index (χ2n) is 5.42. The number of aromatic nitrogens is 3. The van der Waals surface area contributed by atoms with E-state index in [1.54, 1.807) is 6.07 Å². The number of anilines is 1. The maximum atomic E-state index is 13.3. The van der Waals surface area contributed by atoms with Gasteiger partial charge in [-0.25, -0.2) is 13.8 Å². The fourth-order valence-electron chi connectivity index (χ4n) is 2.24. The molecule has 3 aromatic rings. The average Bonchev–Trinajstić information content (AvgIpc) is 2.61. The summed E-state index contributed by atoms with van der Waals surface area (Å²) in [5, 5.41) is 13.0. The summed E-state index contributed by atoms with van der Waals surface area (Å²) < 4.78 is 32.1. The summed E-state index contributed by atoms with van der Waals surface area (Å²) in [7, 11) is 0. The van der Waals surface area contributed by atoms with Gasteiger partial charge >= 0.3 is 0 Å². The van der Waals surface area contributed by atoms with E-state index in [4.69, 9.17) is 4.74 Å². The highest BCUT2D eigenvalue weighted by molar-refractivity contribution is 5.38. The molecule has 0 fully saturated rings. The first kappa shape index (κ1) is 17.7. The minimum atomic E-state index is -1.23. The van der Waals surface area contributed by atoms with Gasteiger partial charge in [-0.3, -0.25) is 9.97 Å². The molecule has 0 amide bonds. The summed E-state index contributed by atoms with van der Waals surface area (Å²) in [6.45, 7) is 1.90. The third-order valence-corrected chi connectivity index (χ3v) is 3.44. The van der Waals surface area contributed by atoms with Crippen LogP contribution in [0.2, 0.25) is 0 Å². The van der Waals surface area contributed by atoms with Gasteiger partial charge in [-0.1, -0.05) is 6.92 Å². The SMILES string of the molecule is CCc1cc(Oc2cncc(F)c2)cc(C(O)Nc2cc(F)ccn2)n1. The second-order valence-corrected chi connectivity index (χ2v) is 5.42. The molecule has 0 spiro atoms. The molecule has 1 unspecified atom stereocenters. The molecule has 0 bridgehead atoms. The Labute approximate surface area is 148 Å². The van der Waals surface area contributed by atoms with E-state index < -0.39 is 17.9 Å². The summed E-state index contributed by atoms with van der Waals surface area (Å²) in [6, 6.07) is 6.74. The van der Waals surface area contributed by atoms with Crippen molar-refractivity contribution < 1.29 is 18.6 Å². The van der Waals surface area contributed by atoms with Crippen LogP contribution in [0.5, 0.6) is 11.5 Å². The number of aryl methyl sites for hydroxylation is 1. The Morgan fingerprint density at radius 2 is 1.96 bits per heavy atom. The molecule has 0 saturated heterocycles. The molecule has 0 aromatic carbocycles. The van der Waals surface area contributed by atoms with Crippen LogP contribution < -0.4 is 10.1 Å². The van der Waals surface area contributed by atoms with Crippen LogP contribution in [0, 0.1) is 11.6 Å². The van der Waals surface area contributed by atoms with Crippen molar-refractivity contribution in [3.63, 3.8) is 0 Å². The maximum absolute atomic E-state index is 13.3. The van der Waals surface area contributed by atoms with Gasteiger partial charge < -0.3 is 15.2 Å². The fraction of sp³-hybridized carbons (Fsp3) is 0.167. The molecule has 0 aliphatic carbocycles. The van der Waals surface area contributed by atoms with E-state index in [2.05, 4.69) is 20.3 Å². The zero-order valence-electron chi connectivity index (χ0n) is 13.9. The van der Waals surface area contributed by atoms with Crippen LogP contribution in [0.1, 0.15) is 24.5 Å². The Balaban J connectivity index is 1.84. The van der Waals surface area contributed by atoms with Gasteiger partial charge in [0.05, 0.1) is 18.1 Å². The third-order valence-electron chi connectivity index (χ3n) is 3.44. The quantitative estimate of drug-likeness (QED) is 0.655. The van der Waals surface area contributed by atoms with Gasteiger partial charge in [-0.15, -0.1) is 0 Å². The molecule has 3 heterocycles. The molecular weight excluding hydrogens is 342 g/mol. The van der Waals surface area contributed by atoms with Gasteiger partial charge in [-0.2, -0.15) is 0 Å². The first-order valence-corrected chi connectivity index (χ1v) is 7.89. The fourth-order valence-corrected chi connectivity index (χ4v) is 2.24. The Morgan fingerprint density at radius 1 is 1.12 bits per heavy atom. The number of nitrogens with zero attached hydrogens (tertiary/aromatic N) is 3. The lowest BCUT2D eigenvalue weighted by Crippen LogP contribution is -2.13. The van der Waals surface area contributed by atoms with Crippen LogP contribution in [-0.4, -0.2) is 20.1 Å². The maximum Gasteiger partial charge on any atom is 0.169 e. The number of ether oxygens (including phenoxy) is 1.